The van der Waals surface area contributed by atoms with Gasteiger partial charge in [-0.05, 0) is 23.4 Å². The Labute approximate surface area is 81.2 Å². The lowest BCUT2D eigenvalue weighted by Crippen LogP contribution is -1.79. The molecule has 2 rings (SSSR count). The van der Waals surface area contributed by atoms with Gasteiger partial charge >= 0.3 is 0 Å². The molecule has 0 saturated carbocycles. The van der Waals surface area contributed by atoms with Crippen LogP contribution in [0.5, 0.6) is 0 Å². The van der Waals surface area contributed by atoms with E-state index in [0.29, 0.717) is 0 Å². The summed E-state index contributed by atoms with van der Waals surface area (Å²) in [5.41, 5.74) is 1.20. The molecular weight excluding hydrogens is 178 g/mol. The van der Waals surface area contributed by atoms with Crippen molar-refractivity contribution in [3.05, 3.63) is 34.7 Å². The second kappa shape index (κ2) is 3.20. The van der Waals surface area contributed by atoms with Crippen LogP contribution in [-0.2, 0) is 6.42 Å². The monoisotopic (exact) mass is 187 g/mol. The standard InChI is InChI=1S/C11H9NS/c1-2-8-9-5-3-4-6-10(9)13-11(8)7-12/h3-6H,2H2,1H3. The molecule has 0 aliphatic carbocycles. The zero-order valence-corrected chi connectivity index (χ0v) is 8.19. The normalized spacial score (nSPS) is 10.2. The van der Waals surface area contributed by atoms with Gasteiger partial charge in [-0.3, -0.25) is 0 Å². The first-order chi connectivity index (χ1) is 6.36. The predicted octanol–water partition coefficient (Wildman–Crippen LogP) is 3.34. The fraction of sp³-hybridized carbons (Fsp3) is 0.182. The molecule has 0 radical (unpaired) electrons. The Bertz CT molecular complexity index is 476. The molecule has 0 atom stereocenters. The number of hydrogen-bond donors (Lipinski definition) is 0. The van der Waals surface area contributed by atoms with Crippen LogP contribution in [0.2, 0.25) is 0 Å². The molecule has 2 heteroatoms. The molecule has 0 amide bonds. The van der Waals surface area contributed by atoms with Crippen LogP contribution in [0, 0.1) is 11.3 Å². The van der Waals surface area contributed by atoms with E-state index < -0.39 is 0 Å². The lowest BCUT2D eigenvalue weighted by Gasteiger charge is -1.92. The minimum absolute atomic E-state index is 0.865. The van der Waals surface area contributed by atoms with Gasteiger partial charge in [-0.15, -0.1) is 11.3 Å². The van der Waals surface area contributed by atoms with Crippen molar-refractivity contribution in [1.82, 2.24) is 0 Å². The minimum atomic E-state index is 0.865. The first kappa shape index (κ1) is 8.28. The highest BCUT2D eigenvalue weighted by molar-refractivity contribution is 7.19. The molecule has 0 N–H and O–H groups in total. The van der Waals surface area contributed by atoms with Crippen LogP contribution in [0.1, 0.15) is 17.4 Å². The number of benzene rings is 1. The van der Waals surface area contributed by atoms with Crippen LogP contribution in [0.15, 0.2) is 24.3 Å². The second-order valence-corrected chi connectivity index (χ2v) is 3.92. The quantitative estimate of drug-likeness (QED) is 0.671. The molecule has 1 nitrogen and oxygen atoms in total. The summed E-state index contributed by atoms with van der Waals surface area (Å²) in [6, 6.07) is 10.4. The minimum Gasteiger partial charge on any atom is -0.192 e. The molecule has 0 bridgehead atoms. The zero-order valence-electron chi connectivity index (χ0n) is 7.37. The van der Waals surface area contributed by atoms with Crippen molar-refractivity contribution < 1.29 is 0 Å². The molecule has 64 valence electrons. The van der Waals surface area contributed by atoms with E-state index in [1.54, 1.807) is 11.3 Å². The predicted molar refractivity (Wildman–Crippen MR) is 55.9 cm³/mol. The largest absolute Gasteiger partial charge is 0.192 e. The number of thiophene rings is 1. The second-order valence-electron chi connectivity index (χ2n) is 2.87. The van der Waals surface area contributed by atoms with E-state index in [-0.39, 0.29) is 0 Å². The third-order valence-corrected chi connectivity index (χ3v) is 3.27. The third kappa shape index (κ3) is 1.22. The molecule has 0 aliphatic heterocycles. The third-order valence-electron chi connectivity index (χ3n) is 2.15. The molecule has 1 aromatic heterocycles. The topological polar surface area (TPSA) is 23.8 Å². The van der Waals surface area contributed by atoms with Gasteiger partial charge in [0.2, 0.25) is 0 Å². The summed E-state index contributed by atoms with van der Waals surface area (Å²) >= 11 is 1.59. The van der Waals surface area contributed by atoms with Crippen LogP contribution in [-0.4, -0.2) is 0 Å². The van der Waals surface area contributed by atoms with Gasteiger partial charge in [0, 0.05) is 4.70 Å². The zero-order chi connectivity index (χ0) is 9.26. The summed E-state index contributed by atoms with van der Waals surface area (Å²) in [5, 5.41) is 10.2. The molecule has 1 heterocycles. The van der Waals surface area contributed by atoms with Crippen molar-refractivity contribution in [2.24, 2.45) is 0 Å². The van der Waals surface area contributed by atoms with Gasteiger partial charge < -0.3 is 0 Å². The summed E-state index contributed by atoms with van der Waals surface area (Å²) in [6.45, 7) is 2.09. The molecule has 0 spiro atoms. The number of nitriles is 1. The van der Waals surface area contributed by atoms with Gasteiger partial charge in [0.15, 0.2) is 0 Å². The first-order valence-corrected chi connectivity index (χ1v) is 5.09. The van der Waals surface area contributed by atoms with Gasteiger partial charge in [0.05, 0.1) is 0 Å². The van der Waals surface area contributed by atoms with Crippen molar-refractivity contribution in [2.45, 2.75) is 13.3 Å². The Balaban J connectivity index is 2.83. The Morgan fingerprint density at radius 3 is 2.85 bits per heavy atom. The molecule has 2 aromatic rings. The van der Waals surface area contributed by atoms with Crippen LogP contribution in [0.4, 0.5) is 0 Å². The van der Waals surface area contributed by atoms with Gasteiger partial charge in [0.1, 0.15) is 10.9 Å². The fourth-order valence-electron chi connectivity index (χ4n) is 1.54. The SMILES string of the molecule is CCc1c(C#N)sc2ccccc12. The van der Waals surface area contributed by atoms with Gasteiger partial charge in [-0.2, -0.15) is 5.26 Å². The average Bonchev–Trinajstić information content (AvgIpc) is 2.55. The molecule has 0 fully saturated rings. The Morgan fingerprint density at radius 1 is 1.38 bits per heavy atom. The van der Waals surface area contributed by atoms with Crippen molar-refractivity contribution in [3.8, 4) is 6.07 Å². The summed E-state index contributed by atoms with van der Waals surface area (Å²) in [7, 11) is 0. The molecule has 13 heavy (non-hydrogen) atoms. The van der Waals surface area contributed by atoms with Crippen molar-refractivity contribution >= 4 is 21.4 Å². The fourth-order valence-corrected chi connectivity index (χ4v) is 2.63. The number of aryl methyl sites for hydroxylation is 1. The van der Waals surface area contributed by atoms with E-state index in [9.17, 15) is 0 Å². The molecular formula is C11H9NS. The van der Waals surface area contributed by atoms with E-state index in [1.807, 2.05) is 12.1 Å². The number of nitrogens with zero attached hydrogens (tertiary/aromatic N) is 1. The van der Waals surface area contributed by atoms with E-state index in [2.05, 4.69) is 25.1 Å². The van der Waals surface area contributed by atoms with Crippen LogP contribution >= 0.6 is 11.3 Å². The van der Waals surface area contributed by atoms with E-state index in [4.69, 9.17) is 5.26 Å². The maximum absolute atomic E-state index is 8.91. The highest BCUT2D eigenvalue weighted by atomic mass is 32.1. The van der Waals surface area contributed by atoms with Gasteiger partial charge in [-0.25, -0.2) is 0 Å². The Hall–Kier alpha value is -1.33. The summed E-state index contributed by atoms with van der Waals surface area (Å²) < 4.78 is 1.22. The van der Waals surface area contributed by atoms with Crippen LogP contribution < -0.4 is 0 Å². The van der Waals surface area contributed by atoms with E-state index >= 15 is 0 Å². The molecule has 1 aromatic carbocycles. The Morgan fingerprint density at radius 2 is 2.15 bits per heavy atom. The Kier molecular flexibility index (Phi) is 2.03. The van der Waals surface area contributed by atoms with Crippen LogP contribution in [0.25, 0.3) is 10.1 Å². The van der Waals surface area contributed by atoms with Gasteiger partial charge in [0.25, 0.3) is 0 Å². The summed E-state index contributed by atoms with van der Waals surface area (Å²) in [5.74, 6) is 0. The van der Waals surface area contributed by atoms with Crippen molar-refractivity contribution in [3.63, 3.8) is 0 Å². The lowest BCUT2D eigenvalue weighted by molar-refractivity contribution is 1.16. The van der Waals surface area contributed by atoms with E-state index in [1.165, 1.54) is 15.6 Å². The number of hydrogen-bond acceptors (Lipinski definition) is 2. The lowest BCUT2D eigenvalue weighted by atomic mass is 10.1. The molecule has 0 saturated heterocycles. The highest BCUT2D eigenvalue weighted by Gasteiger charge is 2.08. The number of fused-ring (bicyclic) bond motifs is 1. The van der Waals surface area contributed by atoms with Crippen molar-refractivity contribution in [2.75, 3.05) is 0 Å². The highest BCUT2D eigenvalue weighted by Crippen LogP contribution is 2.30. The number of rotatable bonds is 1. The average molecular weight is 187 g/mol. The molecule has 0 unspecified atom stereocenters. The van der Waals surface area contributed by atoms with Crippen molar-refractivity contribution in [1.29, 1.82) is 5.26 Å². The summed E-state index contributed by atoms with van der Waals surface area (Å²) in [4.78, 5) is 0.865. The van der Waals surface area contributed by atoms with E-state index in [0.717, 1.165) is 11.3 Å². The first-order valence-electron chi connectivity index (χ1n) is 4.27. The van der Waals surface area contributed by atoms with Gasteiger partial charge in [-0.1, -0.05) is 25.1 Å². The van der Waals surface area contributed by atoms with Crippen LogP contribution in [0.3, 0.4) is 0 Å². The smallest absolute Gasteiger partial charge is 0.110 e. The maximum Gasteiger partial charge on any atom is 0.110 e. The molecule has 0 aliphatic rings. The summed E-state index contributed by atoms with van der Waals surface area (Å²) in [6.07, 6.45) is 0.937. The maximum atomic E-state index is 8.91.